The molecule has 0 fully saturated rings. The summed E-state index contributed by atoms with van der Waals surface area (Å²) in [6.45, 7) is 4.87. The molecule has 1 atom stereocenters. The van der Waals surface area contributed by atoms with Crippen LogP contribution >= 0.6 is 11.3 Å². The van der Waals surface area contributed by atoms with Crippen molar-refractivity contribution >= 4 is 21.4 Å². The molecule has 0 aliphatic rings. The largest absolute Gasteiger partial charge is 0.310 e. The van der Waals surface area contributed by atoms with E-state index in [1.54, 1.807) is 29.5 Å². The molecule has 7 heteroatoms. The maximum Gasteiger partial charge on any atom is 0.240 e. The summed E-state index contributed by atoms with van der Waals surface area (Å²) in [4.78, 5) is 5.81. The summed E-state index contributed by atoms with van der Waals surface area (Å²) < 4.78 is 26.0. The van der Waals surface area contributed by atoms with Crippen molar-refractivity contribution in [2.24, 2.45) is 0 Å². The topological polar surface area (TPSA) is 71.1 Å². The molecule has 2 N–H and O–H groups in total. The molecule has 120 valence electrons. The highest BCUT2D eigenvalue weighted by atomic mass is 32.2. The SMILES string of the molecule is CNS(=O)(=O)c1cccc(C(C)NCCc2scnc2C)c1. The van der Waals surface area contributed by atoms with Crippen LogP contribution in [0.4, 0.5) is 0 Å². The number of nitrogens with one attached hydrogen (secondary N) is 2. The van der Waals surface area contributed by atoms with Gasteiger partial charge in [0.2, 0.25) is 10.0 Å². The summed E-state index contributed by atoms with van der Waals surface area (Å²) in [6, 6.07) is 7.10. The Balaban J connectivity index is 1.99. The number of sulfonamides is 1. The normalized spacial score (nSPS) is 13.2. The molecule has 1 unspecified atom stereocenters. The molecule has 0 saturated heterocycles. The lowest BCUT2D eigenvalue weighted by Gasteiger charge is -2.15. The zero-order chi connectivity index (χ0) is 16.2. The van der Waals surface area contributed by atoms with Crippen molar-refractivity contribution in [3.63, 3.8) is 0 Å². The van der Waals surface area contributed by atoms with Crippen LogP contribution in [-0.4, -0.2) is 27.0 Å². The van der Waals surface area contributed by atoms with E-state index in [0.717, 1.165) is 24.2 Å². The van der Waals surface area contributed by atoms with E-state index >= 15 is 0 Å². The van der Waals surface area contributed by atoms with Crippen molar-refractivity contribution in [1.82, 2.24) is 15.0 Å². The van der Waals surface area contributed by atoms with Gasteiger partial charge in [-0.15, -0.1) is 11.3 Å². The third kappa shape index (κ3) is 4.13. The fourth-order valence-electron chi connectivity index (χ4n) is 2.16. The molecule has 1 aromatic heterocycles. The molecule has 1 heterocycles. The van der Waals surface area contributed by atoms with Crippen molar-refractivity contribution in [3.05, 3.63) is 45.9 Å². The van der Waals surface area contributed by atoms with Crippen LogP contribution in [0.5, 0.6) is 0 Å². The van der Waals surface area contributed by atoms with Crippen molar-refractivity contribution < 1.29 is 8.42 Å². The Kier molecular flexibility index (Phi) is 5.69. The minimum absolute atomic E-state index is 0.0835. The summed E-state index contributed by atoms with van der Waals surface area (Å²) in [6.07, 6.45) is 0.926. The first-order chi connectivity index (χ1) is 10.4. The maximum atomic E-state index is 11.8. The van der Waals surface area contributed by atoms with Gasteiger partial charge in [-0.25, -0.2) is 18.1 Å². The van der Waals surface area contributed by atoms with Crippen molar-refractivity contribution in [2.75, 3.05) is 13.6 Å². The van der Waals surface area contributed by atoms with Crippen LogP contribution in [-0.2, 0) is 16.4 Å². The number of hydrogen-bond acceptors (Lipinski definition) is 5. The van der Waals surface area contributed by atoms with Crippen LogP contribution in [0.2, 0.25) is 0 Å². The maximum absolute atomic E-state index is 11.8. The number of aromatic nitrogens is 1. The zero-order valence-electron chi connectivity index (χ0n) is 13.0. The van der Waals surface area contributed by atoms with E-state index in [0.29, 0.717) is 4.90 Å². The van der Waals surface area contributed by atoms with E-state index in [1.165, 1.54) is 11.9 Å². The molecular weight excluding hydrogens is 318 g/mol. The Morgan fingerprint density at radius 2 is 2.14 bits per heavy atom. The van der Waals surface area contributed by atoms with Gasteiger partial charge in [-0.3, -0.25) is 0 Å². The lowest BCUT2D eigenvalue weighted by molar-refractivity contribution is 0.574. The molecular formula is C15H21N3O2S2. The fourth-order valence-corrected chi connectivity index (χ4v) is 3.72. The van der Waals surface area contributed by atoms with Crippen molar-refractivity contribution in [1.29, 1.82) is 0 Å². The Bertz CT molecular complexity index is 726. The smallest absolute Gasteiger partial charge is 0.240 e. The van der Waals surface area contributed by atoms with Gasteiger partial charge in [-0.05, 0) is 45.0 Å². The lowest BCUT2D eigenvalue weighted by atomic mass is 10.1. The molecule has 2 aromatic rings. The standard InChI is InChI=1S/C15H21N3O2S2/c1-11(17-8-7-15-12(2)18-10-21-15)13-5-4-6-14(9-13)22(19,20)16-3/h4-6,9-11,16-17H,7-8H2,1-3H3. The molecule has 0 bridgehead atoms. The third-order valence-electron chi connectivity index (χ3n) is 3.58. The van der Waals surface area contributed by atoms with E-state index in [2.05, 4.69) is 15.0 Å². The highest BCUT2D eigenvalue weighted by Gasteiger charge is 2.13. The van der Waals surface area contributed by atoms with E-state index < -0.39 is 10.0 Å². The number of hydrogen-bond donors (Lipinski definition) is 2. The van der Waals surface area contributed by atoms with Gasteiger partial charge in [-0.1, -0.05) is 12.1 Å². The molecule has 22 heavy (non-hydrogen) atoms. The Hall–Kier alpha value is -1.28. The fraction of sp³-hybridized carbons (Fsp3) is 0.400. The first-order valence-corrected chi connectivity index (χ1v) is 9.46. The molecule has 0 spiro atoms. The number of aryl methyl sites for hydroxylation is 1. The molecule has 2 rings (SSSR count). The van der Waals surface area contributed by atoms with E-state index in [9.17, 15) is 8.42 Å². The molecule has 5 nitrogen and oxygen atoms in total. The second-order valence-corrected chi connectivity index (χ2v) is 7.89. The summed E-state index contributed by atoms with van der Waals surface area (Å²) in [5.41, 5.74) is 3.90. The average molecular weight is 339 g/mol. The van der Waals surface area contributed by atoms with Gasteiger partial charge in [0.25, 0.3) is 0 Å². The second kappa shape index (κ2) is 7.32. The minimum atomic E-state index is -3.40. The first-order valence-electron chi connectivity index (χ1n) is 7.10. The van der Waals surface area contributed by atoms with Crippen LogP contribution in [0.1, 0.15) is 29.1 Å². The van der Waals surface area contributed by atoms with Gasteiger partial charge in [0.15, 0.2) is 0 Å². The Labute approximate surface area is 135 Å². The lowest BCUT2D eigenvalue weighted by Crippen LogP contribution is -2.22. The van der Waals surface area contributed by atoms with Crippen LogP contribution in [0.15, 0.2) is 34.7 Å². The highest BCUT2D eigenvalue weighted by molar-refractivity contribution is 7.89. The highest BCUT2D eigenvalue weighted by Crippen LogP contribution is 2.18. The van der Waals surface area contributed by atoms with E-state index in [-0.39, 0.29) is 6.04 Å². The Morgan fingerprint density at radius 1 is 1.36 bits per heavy atom. The number of rotatable bonds is 7. The van der Waals surface area contributed by atoms with Gasteiger partial charge in [-0.2, -0.15) is 0 Å². The number of benzene rings is 1. The van der Waals surface area contributed by atoms with Gasteiger partial charge < -0.3 is 5.32 Å². The molecule has 0 aliphatic heterocycles. The van der Waals surface area contributed by atoms with Gasteiger partial charge in [0.05, 0.1) is 16.1 Å². The Morgan fingerprint density at radius 3 is 2.77 bits per heavy atom. The summed E-state index contributed by atoms with van der Waals surface area (Å²) in [5.74, 6) is 0. The van der Waals surface area contributed by atoms with Gasteiger partial charge in [0.1, 0.15) is 0 Å². The minimum Gasteiger partial charge on any atom is -0.310 e. The van der Waals surface area contributed by atoms with E-state index in [4.69, 9.17) is 0 Å². The van der Waals surface area contributed by atoms with Crippen LogP contribution in [0.3, 0.4) is 0 Å². The van der Waals surface area contributed by atoms with Crippen LogP contribution in [0, 0.1) is 6.92 Å². The monoisotopic (exact) mass is 339 g/mol. The molecule has 1 aromatic carbocycles. The zero-order valence-corrected chi connectivity index (χ0v) is 14.6. The summed E-state index contributed by atoms with van der Waals surface area (Å²) >= 11 is 1.67. The molecule has 0 aliphatic carbocycles. The average Bonchev–Trinajstić information content (AvgIpc) is 2.92. The summed E-state index contributed by atoms with van der Waals surface area (Å²) in [7, 11) is -1.98. The van der Waals surface area contributed by atoms with Gasteiger partial charge >= 0.3 is 0 Å². The molecule has 0 saturated carbocycles. The molecule has 0 radical (unpaired) electrons. The van der Waals surface area contributed by atoms with Crippen LogP contribution in [0.25, 0.3) is 0 Å². The first kappa shape index (κ1) is 17.1. The molecule has 0 amide bonds. The van der Waals surface area contributed by atoms with Crippen molar-refractivity contribution in [2.45, 2.75) is 31.2 Å². The van der Waals surface area contributed by atoms with E-state index in [1.807, 2.05) is 25.4 Å². The predicted molar refractivity (Wildman–Crippen MR) is 89.7 cm³/mol. The second-order valence-electron chi connectivity index (χ2n) is 5.07. The van der Waals surface area contributed by atoms with Crippen molar-refractivity contribution in [3.8, 4) is 0 Å². The van der Waals surface area contributed by atoms with Crippen LogP contribution < -0.4 is 10.0 Å². The predicted octanol–water partition coefficient (Wildman–Crippen LogP) is 2.25. The van der Waals surface area contributed by atoms with Gasteiger partial charge in [0, 0.05) is 17.5 Å². The third-order valence-corrected chi connectivity index (χ3v) is 5.99. The number of thiazole rings is 1. The summed E-state index contributed by atoms with van der Waals surface area (Å²) in [5, 5.41) is 3.42. The number of nitrogens with zero attached hydrogens (tertiary/aromatic N) is 1. The quantitative estimate of drug-likeness (QED) is 0.812.